The first-order valence-corrected chi connectivity index (χ1v) is 7.03. The Balaban J connectivity index is 1.70. The molecule has 1 aliphatic rings. The predicted octanol–water partition coefficient (Wildman–Crippen LogP) is 5.00. The van der Waals surface area contributed by atoms with Gasteiger partial charge in [-0.2, -0.15) is 0 Å². The van der Waals surface area contributed by atoms with E-state index in [0.717, 1.165) is 11.8 Å². The highest BCUT2D eigenvalue weighted by Crippen LogP contribution is 2.33. The standard InChI is InChI=1S/C17H24/c1-2-6-15-9-12-17(13-10-15)14-11-16-7-4-3-5-8-16/h2-5,7-8,15,17H,1,6,9-14H2. The Labute approximate surface area is 106 Å². The smallest absolute Gasteiger partial charge is 0.0276 e. The number of hydrogen-bond acceptors (Lipinski definition) is 0. The Morgan fingerprint density at radius 1 is 1.00 bits per heavy atom. The molecule has 0 heteroatoms. The second-order valence-electron chi connectivity index (χ2n) is 5.44. The van der Waals surface area contributed by atoms with E-state index in [1.165, 1.54) is 50.5 Å². The van der Waals surface area contributed by atoms with Crippen molar-refractivity contribution in [2.75, 3.05) is 0 Å². The van der Waals surface area contributed by atoms with E-state index in [-0.39, 0.29) is 0 Å². The van der Waals surface area contributed by atoms with E-state index >= 15 is 0 Å². The van der Waals surface area contributed by atoms with Gasteiger partial charge < -0.3 is 0 Å². The summed E-state index contributed by atoms with van der Waals surface area (Å²) in [5, 5.41) is 0. The Morgan fingerprint density at radius 2 is 1.65 bits per heavy atom. The van der Waals surface area contributed by atoms with Crippen molar-refractivity contribution in [2.24, 2.45) is 11.8 Å². The van der Waals surface area contributed by atoms with Crippen LogP contribution in [-0.4, -0.2) is 0 Å². The van der Waals surface area contributed by atoms with Crippen LogP contribution in [-0.2, 0) is 6.42 Å². The van der Waals surface area contributed by atoms with Gasteiger partial charge in [0.15, 0.2) is 0 Å². The number of rotatable bonds is 5. The van der Waals surface area contributed by atoms with Gasteiger partial charge in [-0.15, -0.1) is 6.58 Å². The van der Waals surface area contributed by atoms with Gasteiger partial charge in [-0.05, 0) is 49.5 Å². The van der Waals surface area contributed by atoms with Gasteiger partial charge in [-0.3, -0.25) is 0 Å². The van der Waals surface area contributed by atoms with Crippen molar-refractivity contribution in [1.29, 1.82) is 0 Å². The van der Waals surface area contributed by atoms with Gasteiger partial charge in [0.25, 0.3) is 0 Å². The van der Waals surface area contributed by atoms with Crippen LogP contribution in [0, 0.1) is 11.8 Å². The first kappa shape index (κ1) is 12.4. The van der Waals surface area contributed by atoms with Crippen molar-refractivity contribution in [1.82, 2.24) is 0 Å². The minimum absolute atomic E-state index is 0.931. The van der Waals surface area contributed by atoms with E-state index in [1.807, 2.05) is 0 Å². The first-order valence-electron chi connectivity index (χ1n) is 7.03. The fourth-order valence-electron chi connectivity index (χ4n) is 3.01. The molecule has 0 N–H and O–H groups in total. The predicted molar refractivity (Wildman–Crippen MR) is 75.0 cm³/mol. The molecule has 0 bridgehead atoms. The molecule has 0 radical (unpaired) electrons. The Morgan fingerprint density at radius 3 is 2.29 bits per heavy atom. The fraction of sp³-hybridized carbons (Fsp3) is 0.529. The number of allylic oxidation sites excluding steroid dienone is 1. The summed E-state index contributed by atoms with van der Waals surface area (Å²) in [5.74, 6) is 1.90. The maximum atomic E-state index is 3.85. The summed E-state index contributed by atoms with van der Waals surface area (Å²) < 4.78 is 0. The monoisotopic (exact) mass is 228 g/mol. The van der Waals surface area contributed by atoms with Gasteiger partial charge in [0.1, 0.15) is 0 Å². The third-order valence-electron chi connectivity index (χ3n) is 4.15. The zero-order chi connectivity index (χ0) is 11.9. The lowest BCUT2D eigenvalue weighted by Crippen LogP contribution is -2.14. The summed E-state index contributed by atoms with van der Waals surface area (Å²) in [6.07, 6.45) is 11.7. The zero-order valence-electron chi connectivity index (χ0n) is 10.8. The summed E-state index contributed by atoms with van der Waals surface area (Å²) >= 11 is 0. The SMILES string of the molecule is C=CCC1CCC(CCc2ccccc2)CC1. The average molecular weight is 228 g/mol. The molecular formula is C17H24. The Bertz CT molecular complexity index is 317. The molecule has 1 saturated carbocycles. The number of aryl methyl sites for hydroxylation is 1. The van der Waals surface area contributed by atoms with E-state index in [4.69, 9.17) is 0 Å². The molecule has 1 fully saturated rings. The lowest BCUT2D eigenvalue weighted by Gasteiger charge is -2.27. The topological polar surface area (TPSA) is 0 Å². The van der Waals surface area contributed by atoms with Crippen molar-refractivity contribution in [2.45, 2.75) is 44.9 Å². The molecule has 0 saturated heterocycles. The summed E-state index contributed by atoms with van der Waals surface area (Å²) in [7, 11) is 0. The molecule has 2 rings (SSSR count). The minimum atomic E-state index is 0.931. The highest BCUT2D eigenvalue weighted by atomic mass is 14.2. The van der Waals surface area contributed by atoms with Gasteiger partial charge in [0.2, 0.25) is 0 Å². The molecule has 0 atom stereocenters. The van der Waals surface area contributed by atoms with Crippen molar-refractivity contribution < 1.29 is 0 Å². The van der Waals surface area contributed by atoms with Crippen LogP contribution in [0.3, 0.4) is 0 Å². The van der Waals surface area contributed by atoms with Gasteiger partial charge in [-0.1, -0.05) is 49.2 Å². The van der Waals surface area contributed by atoms with Crippen LogP contribution >= 0.6 is 0 Å². The summed E-state index contributed by atoms with van der Waals surface area (Å²) in [5.41, 5.74) is 1.50. The fourth-order valence-corrected chi connectivity index (χ4v) is 3.01. The van der Waals surface area contributed by atoms with Crippen molar-refractivity contribution >= 4 is 0 Å². The normalized spacial score (nSPS) is 24.5. The molecule has 1 aromatic rings. The van der Waals surface area contributed by atoms with Crippen LogP contribution in [0.15, 0.2) is 43.0 Å². The third kappa shape index (κ3) is 4.03. The first-order chi connectivity index (χ1) is 8.38. The van der Waals surface area contributed by atoms with E-state index in [9.17, 15) is 0 Å². The third-order valence-corrected chi connectivity index (χ3v) is 4.15. The molecule has 1 aromatic carbocycles. The van der Waals surface area contributed by atoms with Crippen molar-refractivity contribution in [3.8, 4) is 0 Å². The summed E-state index contributed by atoms with van der Waals surface area (Å²) in [4.78, 5) is 0. The molecule has 0 spiro atoms. The second-order valence-corrected chi connectivity index (χ2v) is 5.44. The van der Waals surface area contributed by atoms with Gasteiger partial charge in [-0.25, -0.2) is 0 Å². The van der Waals surface area contributed by atoms with Crippen LogP contribution in [0.5, 0.6) is 0 Å². The van der Waals surface area contributed by atoms with Gasteiger partial charge in [0, 0.05) is 0 Å². The molecular weight excluding hydrogens is 204 g/mol. The average Bonchev–Trinajstić information content (AvgIpc) is 2.40. The Hall–Kier alpha value is -1.04. The van der Waals surface area contributed by atoms with Gasteiger partial charge in [0.05, 0.1) is 0 Å². The molecule has 0 amide bonds. The second kappa shape index (κ2) is 6.64. The van der Waals surface area contributed by atoms with Crippen molar-refractivity contribution in [3.63, 3.8) is 0 Å². The van der Waals surface area contributed by atoms with E-state index in [1.54, 1.807) is 0 Å². The lowest BCUT2D eigenvalue weighted by atomic mass is 9.78. The molecule has 0 nitrogen and oxygen atoms in total. The molecule has 92 valence electrons. The lowest BCUT2D eigenvalue weighted by molar-refractivity contribution is 0.265. The number of benzene rings is 1. The molecule has 0 heterocycles. The molecule has 0 aromatic heterocycles. The van der Waals surface area contributed by atoms with Gasteiger partial charge >= 0.3 is 0 Å². The maximum absolute atomic E-state index is 3.85. The van der Waals surface area contributed by atoms with Crippen LogP contribution in [0.4, 0.5) is 0 Å². The molecule has 1 aliphatic carbocycles. The maximum Gasteiger partial charge on any atom is -0.0276 e. The summed E-state index contributed by atoms with van der Waals surface area (Å²) in [6, 6.07) is 10.9. The van der Waals surface area contributed by atoms with Crippen LogP contribution in [0.25, 0.3) is 0 Å². The quantitative estimate of drug-likeness (QED) is 0.622. The van der Waals surface area contributed by atoms with Crippen LogP contribution in [0.1, 0.15) is 44.1 Å². The molecule has 0 aliphatic heterocycles. The van der Waals surface area contributed by atoms with E-state index in [0.29, 0.717) is 0 Å². The minimum Gasteiger partial charge on any atom is -0.103 e. The molecule has 17 heavy (non-hydrogen) atoms. The Kier molecular flexibility index (Phi) is 4.85. The number of hydrogen-bond donors (Lipinski definition) is 0. The van der Waals surface area contributed by atoms with E-state index in [2.05, 4.69) is 43.0 Å². The summed E-state index contributed by atoms with van der Waals surface area (Å²) in [6.45, 7) is 3.85. The zero-order valence-corrected chi connectivity index (χ0v) is 10.8. The highest BCUT2D eigenvalue weighted by Gasteiger charge is 2.19. The van der Waals surface area contributed by atoms with Crippen LogP contribution in [0.2, 0.25) is 0 Å². The molecule has 0 unspecified atom stereocenters. The largest absolute Gasteiger partial charge is 0.103 e. The van der Waals surface area contributed by atoms with Crippen molar-refractivity contribution in [3.05, 3.63) is 48.6 Å². The van der Waals surface area contributed by atoms with Crippen LogP contribution < -0.4 is 0 Å². The highest BCUT2D eigenvalue weighted by molar-refractivity contribution is 5.14. The van der Waals surface area contributed by atoms with E-state index < -0.39 is 0 Å².